The minimum atomic E-state index is -1.04. The van der Waals surface area contributed by atoms with E-state index in [2.05, 4.69) is 5.32 Å². The highest BCUT2D eigenvalue weighted by atomic mass is 16.6. The Morgan fingerprint density at radius 1 is 1.10 bits per heavy atom. The van der Waals surface area contributed by atoms with Crippen molar-refractivity contribution in [1.82, 2.24) is 0 Å². The maximum absolute atomic E-state index is 12.0. The number of fused-ring (bicyclic) bond motifs is 1. The van der Waals surface area contributed by atoms with E-state index in [4.69, 9.17) is 19.3 Å². The number of carbonyl (C=O) groups is 2. The smallest absolute Gasteiger partial charge is 0.332 e. The summed E-state index contributed by atoms with van der Waals surface area (Å²) in [4.78, 5) is 22.9. The summed E-state index contributed by atoms with van der Waals surface area (Å²) in [5.74, 6) is -0.169. The number of benzene rings is 1. The highest BCUT2D eigenvalue weighted by Crippen LogP contribution is 2.33. The van der Waals surface area contributed by atoms with E-state index < -0.39 is 18.2 Å². The number of amides is 1. The number of rotatable bonds is 3. The number of aliphatic carboxylic acids is 1. The second kappa shape index (κ2) is 5.61. The van der Waals surface area contributed by atoms with Gasteiger partial charge < -0.3 is 24.6 Å². The quantitative estimate of drug-likeness (QED) is 0.864. The third kappa shape index (κ3) is 2.92. The van der Waals surface area contributed by atoms with Crippen LogP contribution in [-0.2, 0) is 14.3 Å². The van der Waals surface area contributed by atoms with Crippen LogP contribution >= 0.6 is 0 Å². The summed E-state index contributed by atoms with van der Waals surface area (Å²) in [6.07, 6.45) is -0.901. The van der Waals surface area contributed by atoms with Gasteiger partial charge in [-0.2, -0.15) is 0 Å². The molecule has 2 heterocycles. The van der Waals surface area contributed by atoms with Gasteiger partial charge in [0.1, 0.15) is 19.3 Å². The molecule has 0 bridgehead atoms. The second-order valence-corrected chi connectivity index (χ2v) is 4.88. The van der Waals surface area contributed by atoms with Gasteiger partial charge in [0.05, 0.1) is 0 Å². The summed E-state index contributed by atoms with van der Waals surface area (Å²) in [6, 6.07) is 5.10. The van der Waals surface area contributed by atoms with Crippen LogP contribution in [0.4, 0.5) is 5.69 Å². The lowest BCUT2D eigenvalue weighted by molar-refractivity contribution is -0.150. The van der Waals surface area contributed by atoms with Gasteiger partial charge in [0.25, 0.3) is 5.91 Å². The molecule has 7 nitrogen and oxygen atoms in total. The molecule has 1 aromatic carbocycles. The topological polar surface area (TPSA) is 94.1 Å². The van der Waals surface area contributed by atoms with E-state index >= 15 is 0 Å². The fourth-order valence-electron chi connectivity index (χ4n) is 2.36. The van der Waals surface area contributed by atoms with Crippen LogP contribution in [0.25, 0.3) is 0 Å². The predicted molar refractivity (Wildman–Crippen MR) is 71.6 cm³/mol. The average molecular weight is 293 g/mol. The molecule has 0 unspecified atom stereocenters. The van der Waals surface area contributed by atoms with E-state index in [0.717, 1.165) is 0 Å². The SMILES string of the molecule is O=C(Nc1ccc2c(c1)OCCO2)[C@@H]1CC[C@H](C(=O)O)O1. The van der Waals surface area contributed by atoms with Crippen molar-refractivity contribution in [3.05, 3.63) is 18.2 Å². The van der Waals surface area contributed by atoms with Crippen LogP contribution in [0.5, 0.6) is 11.5 Å². The molecule has 0 radical (unpaired) electrons. The van der Waals surface area contributed by atoms with Crippen molar-refractivity contribution in [1.29, 1.82) is 0 Å². The molecule has 0 saturated carbocycles. The van der Waals surface area contributed by atoms with Gasteiger partial charge in [-0.3, -0.25) is 4.79 Å². The highest BCUT2D eigenvalue weighted by molar-refractivity contribution is 5.95. The van der Waals surface area contributed by atoms with E-state index in [9.17, 15) is 9.59 Å². The van der Waals surface area contributed by atoms with Crippen LogP contribution in [0.1, 0.15) is 12.8 Å². The first-order valence-electron chi connectivity index (χ1n) is 6.72. The molecule has 1 saturated heterocycles. The number of hydrogen-bond donors (Lipinski definition) is 2. The van der Waals surface area contributed by atoms with E-state index in [1.807, 2.05) is 0 Å². The van der Waals surface area contributed by atoms with Crippen LogP contribution in [0, 0.1) is 0 Å². The molecular weight excluding hydrogens is 278 g/mol. The molecule has 0 aliphatic carbocycles. The number of carbonyl (C=O) groups excluding carboxylic acids is 1. The lowest BCUT2D eigenvalue weighted by Gasteiger charge is -2.19. The molecule has 2 aliphatic rings. The fraction of sp³-hybridized carbons (Fsp3) is 0.429. The Hall–Kier alpha value is -2.28. The molecular formula is C14H15NO6. The van der Waals surface area contributed by atoms with Crippen LogP contribution in [0.15, 0.2) is 18.2 Å². The number of ether oxygens (including phenoxy) is 3. The second-order valence-electron chi connectivity index (χ2n) is 4.88. The standard InChI is InChI=1S/C14H15NO6/c16-13(10-3-4-11(21-10)14(17)18)15-8-1-2-9-12(7-8)20-6-5-19-9/h1-2,7,10-11H,3-6H2,(H,15,16)(H,17,18)/t10-,11+/m0/s1. The van der Waals surface area contributed by atoms with Crippen LogP contribution in [-0.4, -0.2) is 42.4 Å². The summed E-state index contributed by atoms with van der Waals surface area (Å²) in [7, 11) is 0. The van der Waals surface area contributed by atoms with E-state index in [1.54, 1.807) is 18.2 Å². The minimum Gasteiger partial charge on any atom is -0.486 e. The molecule has 3 rings (SSSR count). The minimum absolute atomic E-state index is 0.342. The van der Waals surface area contributed by atoms with Gasteiger partial charge in [-0.25, -0.2) is 4.79 Å². The van der Waals surface area contributed by atoms with Gasteiger partial charge in [0.15, 0.2) is 17.6 Å². The van der Waals surface area contributed by atoms with Gasteiger partial charge in [-0.15, -0.1) is 0 Å². The third-order valence-electron chi connectivity index (χ3n) is 3.40. The maximum atomic E-state index is 12.0. The zero-order valence-electron chi connectivity index (χ0n) is 11.2. The Balaban J connectivity index is 1.64. The molecule has 2 N–H and O–H groups in total. The average Bonchev–Trinajstić information content (AvgIpc) is 2.97. The Morgan fingerprint density at radius 3 is 2.52 bits per heavy atom. The normalized spacial score (nSPS) is 23.6. The number of carboxylic acids is 1. The third-order valence-corrected chi connectivity index (χ3v) is 3.40. The van der Waals surface area contributed by atoms with Crippen LogP contribution in [0.3, 0.4) is 0 Å². The zero-order chi connectivity index (χ0) is 14.8. The highest BCUT2D eigenvalue weighted by Gasteiger charge is 2.34. The first kappa shape index (κ1) is 13.7. The van der Waals surface area contributed by atoms with Crippen molar-refractivity contribution in [2.75, 3.05) is 18.5 Å². The first-order valence-corrected chi connectivity index (χ1v) is 6.72. The van der Waals surface area contributed by atoms with Crippen molar-refractivity contribution in [3.8, 4) is 11.5 Å². The fourth-order valence-corrected chi connectivity index (χ4v) is 2.36. The molecule has 0 spiro atoms. The van der Waals surface area contributed by atoms with Crippen molar-refractivity contribution < 1.29 is 28.9 Å². The maximum Gasteiger partial charge on any atom is 0.332 e. The van der Waals surface area contributed by atoms with Crippen molar-refractivity contribution in [3.63, 3.8) is 0 Å². The number of nitrogens with one attached hydrogen (secondary N) is 1. The Bertz CT molecular complexity index is 573. The summed E-state index contributed by atoms with van der Waals surface area (Å²) < 4.78 is 16.0. The Kier molecular flexibility index (Phi) is 3.66. The van der Waals surface area contributed by atoms with E-state index in [0.29, 0.717) is 43.2 Å². The lowest BCUT2D eigenvalue weighted by atomic mass is 10.2. The van der Waals surface area contributed by atoms with E-state index in [1.165, 1.54) is 0 Å². The summed E-state index contributed by atoms with van der Waals surface area (Å²) >= 11 is 0. The first-order chi connectivity index (χ1) is 10.1. The van der Waals surface area contributed by atoms with Gasteiger partial charge in [-0.1, -0.05) is 0 Å². The largest absolute Gasteiger partial charge is 0.486 e. The monoisotopic (exact) mass is 293 g/mol. The number of carboxylic acid groups (broad SMARTS) is 1. The van der Waals surface area contributed by atoms with Gasteiger partial charge in [0, 0.05) is 11.8 Å². The van der Waals surface area contributed by atoms with Crippen molar-refractivity contribution >= 4 is 17.6 Å². The summed E-state index contributed by atoms with van der Waals surface area (Å²) in [5.41, 5.74) is 0.562. The molecule has 1 amide bonds. The van der Waals surface area contributed by atoms with Crippen molar-refractivity contribution in [2.24, 2.45) is 0 Å². The molecule has 0 aromatic heterocycles. The molecule has 2 atom stereocenters. The Labute approximate surface area is 120 Å². The molecule has 2 aliphatic heterocycles. The van der Waals surface area contributed by atoms with Gasteiger partial charge >= 0.3 is 5.97 Å². The summed E-state index contributed by atoms with van der Waals surface area (Å²) in [5, 5.41) is 11.5. The van der Waals surface area contributed by atoms with Crippen molar-refractivity contribution in [2.45, 2.75) is 25.0 Å². The number of anilines is 1. The summed E-state index contributed by atoms with van der Waals surface area (Å²) in [6.45, 7) is 0.974. The van der Waals surface area contributed by atoms with Crippen LogP contribution in [0.2, 0.25) is 0 Å². The number of hydrogen-bond acceptors (Lipinski definition) is 5. The molecule has 112 valence electrons. The Morgan fingerprint density at radius 2 is 1.81 bits per heavy atom. The molecule has 21 heavy (non-hydrogen) atoms. The van der Waals surface area contributed by atoms with E-state index in [-0.39, 0.29) is 5.91 Å². The molecule has 7 heteroatoms. The lowest BCUT2D eigenvalue weighted by Crippen LogP contribution is -2.30. The van der Waals surface area contributed by atoms with Crippen LogP contribution < -0.4 is 14.8 Å². The van der Waals surface area contributed by atoms with Gasteiger partial charge in [-0.05, 0) is 25.0 Å². The molecule has 1 aromatic rings. The molecule has 1 fully saturated rings. The van der Waals surface area contributed by atoms with Gasteiger partial charge in [0.2, 0.25) is 0 Å². The predicted octanol–water partition coefficient (Wildman–Crippen LogP) is 1.03. The zero-order valence-corrected chi connectivity index (χ0v) is 11.2.